The molecule has 3 rings (SSSR count). The van der Waals surface area contributed by atoms with Crippen LogP contribution in [0.2, 0.25) is 0 Å². The van der Waals surface area contributed by atoms with Crippen molar-refractivity contribution < 1.29 is 18.0 Å². The standard InChI is InChI=1S/C18H18F3N7O/c1-12-25-15(11-16(26-12)28-9-3-6-24-28)22-7-8-23-17(29)27-14-5-2-4-13(10-14)18(19,20)21/h2-6,9-11H,7-8H2,1H3,(H,22,25,26)(H2,23,27,29). The van der Waals surface area contributed by atoms with Crippen molar-refractivity contribution in [2.75, 3.05) is 23.7 Å². The predicted molar refractivity (Wildman–Crippen MR) is 101 cm³/mol. The topological polar surface area (TPSA) is 96.8 Å². The molecular weight excluding hydrogens is 387 g/mol. The summed E-state index contributed by atoms with van der Waals surface area (Å²) in [7, 11) is 0. The Kier molecular flexibility index (Phi) is 5.96. The molecule has 152 valence electrons. The highest BCUT2D eigenvalue weighted by Crippen LogP contribution is 2.30. The number of nitrogens with one attached hydrogen (secondary N) is 3. The molecule has 8 nitrogen and oxygen atoms in total. The molecule has 0 atom stereocenters. The lowest BCUT2D eigenvalue weighted by Gasteiger charge is -2.11. The van der Waals surface area contributed by atoms with Crippen molar-refractivity contribution in [3.05, 3.63) is 60.2 Å². The van der Waals surface area contributed by atoms with Gasteiger partial charge in [0.15, 0.2) is 5.82 Å². The minimum atomic E-state index is -4.47. The van der Waals surface area contributed by atoms with Gasteiger partial charge in [0.05, 0.1) is 5.56 Å². The molecule has 0 saturated carbocycles. The molecule has 1 aromatic carbocycles. The Morgan fingerprint density at radius 3 is 2.69 bits per heavy atom. The Balaban J connectivity index is 1.49. The van der Waals surface area contributed by atoms with Crippen LogP contribution in [0.3, 0.4) is 0 Å². The molecule has 3 aromatic rings. The number of carbonyl (C=O) groups is 1. The van der Waals surface area contributed by atoms with Crippen molar-refractivity contribution in [2.45, 2.75) is 13.1 Å². The van der Waals surface area contributed by atoms with E-state index < -0.39 is 17.8 Å². The van der Waals surface area contributed by atoms with Gasteiger partial charge in [-0.05, 0) is 31.2 Å². The molecule has 3 N–H and O–H groups in total. The summed E-state index contributed by atoms with van der Waals surface area (Å²) in [5.74, 6) is 1.71. The number of anilines is 2. The Morgan fingerprint density at radius 1 is 1.14 bits per heavy atom. The van der Waals surface area contributed by atoms with Crippen LogP contribution in [-0.4, -0.2) is 38.9 Å². The zero-order chi connectivity index (χ0) is 20.9. The van der Waals surface area contributed by atoms with Crippen LogP contribution in [0.25, 0.3) is 5.82 Å². The maximum atomic E-state index is 12.7. The quantitative estimate of drug-likeness (QED) is 0.547. The van der Waals surface area contributed by atoms with Crippen LogP contribution in [0.15, 0.2) is 48.8 Å². The lowest BCUT2D eigenvalue weighted by molar-refractivity contribution is -0.137. The first-order valence-corrected chi connectivity index (χ1v) is 8.63. The largest absolute Gasteiger partial charge is 0.416 e. The Hall–Kier alpha value is -3.63. The van der Waals surface area contributed by atoms with Gasteiger partial charge in [-0.3, -0.25) is 0 Å². The first-order chi connectivity index (χ1) is 13.8. The zero-order valence-electron chi connectivity index (χ0n) is 15.4. The summed E-state index contributed by atoms with van der Waals surface area (Å²) in [4.78, 5) is 20.4. The Bertz CT molecular complexity index is 974. The van der Waals surface area contributed by atoms with Crippen LogP contribution in [0.4, 0.5) is 29.5 Å². The van der Waals surface area contributed by atoms with E-state index in [-0.39, 0.29) is 12.2 Å². The van der Waals surface area contributed by atoms with Crippen molar-refractivity contribution in [2.24, 2.45) is 0 Å². The number of nitrogens with zero attached hydrogens (tertiary/aromatic N) is 4. The fraction of sp³-hybridized carbons (Fsp3) is 0.222. The van der Waals surface area contributed by atoms with Gasteiger partial charge in [0.25, 0.3) is 0 Å². The SMILES string of the molecule is Cc1nc(NCCNC(=O)Nc2cccc(C(F)(F)F)c2)cc(-n2cccn2)n1. The average molecular weight is 405 g/mol. The van der Waals surface area contributed by atoms with E-state index in [4.69, 9.17) is 0 Å². The van der Waals surface area contributed by atoms with E-state index >= 15 is 0 Å². The first-order valence-electron chi connectivity index (χ1n) is 8.63. The highest BCUT2D eigenvalue weighted by atomic mass is 19.4. The van der Waals surface area contributed by atoms with Gasteiger partial charge in [0.2, 0.25) is 0 Å². The third-order valence-electron chi connectivity index (χ3n) is 3.73. The number of hydrogen-bond donors (Lipinski definition) is 3. The summed E-state index contributed by atoms with van der Waals surface area (Å²) in [6.07, 6.45) is -1.08. The van der Waals surface area contributed by atoms with Crippen LogP contribution in [0.5, 0.6) is 0 Å². The number of hydrogen-bond acceptors (Lipinski definition) is 5. The Labute approximate surface area is 164 Å². The molecule has 0 spiro atoms. The molecule has 0 unspecified atom stereocenters. The number of aryl methyl sites for hydroxylation is 1. The molecule has 0 fully saturated rings. The summed E-state index contributed by atoms with van der Waals surface area (Å²) in [5.41, 5.74) is -0.773. The Morgan fingerprint density at radius 2 is 1.97 bits per heavy atom. The number of benzene rings is 1. The highest BCUT2D eigenvalue weighted by molar-refractivity contribution is 5.89. The molecule has 0 aliphatic heterocycles. The fourth-order valence-electron chi connectivity index (χ4n) is 2.48. The molecule has 2 aromatic heterocycles. The van der Waals surface area contributed by atoms with Crippen molar-refractivity contribution in [3.8, 4) is 5.82 Å². The van der Waals surface area contributed by atoms with E-state index in [0.29, 0.717) is 24.0 Å². The van der Waals surface area contributed by atoms with E-state index in [9.17, 15) is 18.0 Å². The molecule has 2 amide bonds. The maximum absolute atomic E-state index is 12.7. The van der Waals surface area contributed by atoms with Crippen LogP contribution in [0.1, 0.15) is 11.4 Å². The number of amides is 2. The highest BCUT2D eigenvalue weighted by Gasteiger charge is 2.30. The fourth-order valence-corrected chi connectivity index (χ4v) is 2.48. The van der Waals surface area contributed by atoms with Gasteiger partial charge in [-0.2, -0.15) is 18.3 Å². The predicted octanol–water partition coefficient (Wildman–Crippen LogP) is 3.22. The number of alkyl halides is 3. The third-order valence-corrected chi connectivity index (χ3v) is 3.73. The van der Waals surface area contributed by atoms with Crippen molar-refractivity contribution in [1.29, 1.82) is 0 Å². The van der Waals surface area contributed by atoms with Gasteiger partial charge in [-0.25, -0.2) is 19.4 Å². The van der Waals surface area contributed by atoms with Crippen molar-refractivity contribution in [3.63, 3.8) is 0 Å². The molecule has 0 radical (unpaired) electrons. The van der Waals surface area contributed by atoms with E-state index in [2.05, 4.69) is 31.0 Å². The zero-order valence-corrected chi connectivity index (χ0v) is 15.4. The molecule has 0 bridgehead atoms. The number of rotatable bonds is 6. The summed E-state index contributed by atoms with van der Waals surface area (Å²) in [6.45, 7) is 2.33. The van der Waals surface area contributed by atoms with E-state index in [1.54, 1.807) is 36.1 Å². The van der Waals surface area contributed by atoms with Gasteiger partial charge < -0.3 is 16.0 Å². The molecule has 0 aliphatic rings. The molecule has 0 saturated heterocycles. The van der Waals surface area contributed by atoms with Gasteiger partial charge in [0.1, 0.15) is 11.6 Å². The monoisotopic (exact) mass is 405 g/mol. The van der Waals surface area contributed by atoms with Crippen molar-refractivity contribution >= 4 is 17.5 Å². The third kappa shape index (κ3) is 5.67. The lowest BCUT2D eigenvalue weighted by atomic mass is 10.2. The number of halogens is 3. The molecule has 29 heavy (non-hydrogen) atoms. The normalized spacial score (nSPS) is 11.2. The summed E-state index contributed by atoms with van der Waals surface area (Å²) >= 11 is 0. The second-order valence-electron chi connectivity index (χ2n) is 6.00. The van der Waals surface area contributed by atoms with Crippen LogP contribution in [-0.2, 0) is 6.18 Å². The summed E-state index contributed by atoms with van der Waals surface area (Å²) in [6, 6.07) is 7.30. The van der Waals surface area contributed by atoms with Crippen LogP contribution >= 0.6 is 0 Å². The minimum Gasteiger partial charge on any atom is -0.368 e. The second kappa shape index (κ2) is 8.59. The number of aromatic nitrogens is 4. The lowest BCUT2D eigenvalue weighted by Crippen LogP contribution is -2.32. The maximum Gasteiger partial charge on any atom is 0.416 e. The average Bonchev–Trinajstić information content (AvgIpc) is 3.19. The van der Waals surface area contributed by atoms with Crippen LogP contribution < -0.4 is 16.0 Å². The second-order valence-corrected chi connectivity index (χ2v) is 6.00. The molecular formula is C18H18F3N7O. The van der Waals surface area contributed by atoms with E-state index in [1.165, 1.54) is 12.1 Å². The first kappa shape index (κ1) is 20.1. The van der Waals surface area contributed by atoms with E-state index in [1.807, 2.05) is 0 Å². The van der Waals surface area contributed by atoms with Gasteiger partial charge in [0, 0.05) is 37.2 Å². The van der Waals surface area contributed by atoms with Gasteiger partial charge in [-0.1, -0.05) is 6.07 Å². The molecule has 11 heteroatoms. The smallest absolute Gasteiger partial charge is 0.368 e. The van der Waals surface area contributed by atoms with Crippen molar-refractivity contribution in [1.82, 2.24) is 25.1 Å². The van der Waals surface area contributed by atoms with Gasteiger partial charge >= 0.3 is 12.2 Å². The number of urea groups is 1. The minimum absolute atomic E-state index is 0.0561. The molecule has 2 heterocycles. The summed E-state index contributed by atoms with van der Waals surface area (Å²) in [5, 5.41) is 12.1. The summed E-state index contributed by atoms with van der Waals surface area (Å²) < 4.78 is 39.7. The molecule has 0 aliphatic carbocycles. The van der Waals surface area contributed by atoms with Gasteiger partial charge in [-0.15, -0.1) is 0 Å². The number of carbonyl (C=O) groups excluding carboxylic acids is 1. The van der Waals surface area contributed by atoms with E-state index in [0.717, 1.165) is 12.1 Å². The van der Waals surface area contributed by atoms with Crippen LogP contribution in [0, 0.1) is 6.92 Å².